The number of amides is 2. The van der Waals surface area contributed by atoms with Crippen molar-refractivity contribution < 1.29 is 24.2 Å². The molecular formula is C11H21N3O5. The second-order valence-corrected chi connectivity index (χ2v) is 3.72. The number of nitrogens with one attached hydrogen (secondary N) is 3. The number of carboxylic acid groups (broad SMARTS) is 1. The molecule has 0 rings (SSSR count). The van der Waals surface area contributed by atoms with Crippen LogP contribution in [-0.2, 0) is 14.3 Å². The maximum atomic E-state index is 11.0. The van der Waals surface area contributed by atoms with Crippen LogP contribution in [0.3, 0.4) is 0 Å². The van der Waals surface area contributed by atoms with Crippen LogP contribution < -0.4 is 16.0 Å². The predicted octanol–water partition coefficient (Wildman–Crippen LogP) is -0.698. The lowest BCUT2D eigenvalue weighted by molar-refractivity contribution is -0.139. The number of aliphatic carboxylic acids is 1. The van der Waals surface area contributed by atoms with Crippen molar-refractivity contribution in [2.45, 2.75) is 25.8 Å². The van der Waals surface area contributed by atoms with Crippen molar-refractivity contribution in [3.8, 4) is 0 Å². The summed E-state index contributed by atoms with van der Waals surface area (Å²) in [6, 6.07) is -0.838. The summed E-state index contributed by atoms with van der Waals surface area (Å²) in [4.78, 5) is 32.9. The van der Waals surface area contributed by atoms with Gasteiger partial charge in [-0.25, -0.2) is 4.79 Å². The van der Waals surface area contributed by atoms with Crippen LogP contribution in [0.4, 0.5) is 4.79 Å². The molecule has 0 aromatic heterocycles. The summed E-state index contributed by atoms with van der Waals surface area (Å²) >= 11 is 0. The van der Waals surface area contributed by atoms with E-state index >= 15 is 0 Å². The van der Waals surface area contributed by atoms with Crippen molar-refractivity contribution in [1.82, 2.24) is 16.0 Å². The second kappa shape index (κ2) is 10.1. The van der Waals surface area contributed by atoms with Crippen LogP contribution in [0.15, 0.2) is 0 Å². The molecule has 1 atom stereocenters. The van der Waals surface area contributed by atoms with E-state index in [1.807, 2.05) is 0 Å². The number of rotatable bonds is 9. The van der Waals surface area contributed by atoms with Gasteiger partial charge in [0, 0.05) is 26.6 Å². The number of alkyl carbamates (subject to hydrolysis) is 1. The standard InChI is InChI=1S/C11H21N3O5/c1-3-13-11(18)19-7-6-14-8(10(16)17)4-5-9(15)12-2/h8,14H,3-7H2,1-2H3,(H,12,15)(H,13,18)(H,16,17)/t8-/m0/s1. The van der Waals surface area contributed by atoms with E-state index in [1.54, 1.807) is 6.92 Å². The number of carboxylic acids is 1. The van der Waals surface area contributed by atoms with E-state index < -0.39 is 18.1 Å². The lowest BCUT2D eigenvalue weighted by Gasteiger charge is -2.14. The van der Waals surface area contributed by atoms with Crippen LogP contribution in [0.1, 0.15) is 19.8 Å². The Bertz CT molecular complexity index is 309. The highest BCUT2D eigenvalue weighted by Gasteiger charge is 2.17. The normalized spacial score (nSPS) is 11.5. The molecule has 19 heavy (non-hydrogen) atoms. The summed E-state index contributed by atoms with van der Waals surface area (Å²) in [5, 5.41) is 16.5. The summed E-state index contributed by atoms with van der Waals surface area (Å²) in [5.74, 6) is -1.26. The van der Waals surface area contributed by atoms with E-state index in [-0.39, 0.29) is 31.9 Å². The third-order valence-electron chi connectivity index (χ3n) is 2.28. The zero-order valence-electron chi connectivity index (χ0n) is 11.2. The van der Waals surface area contributed by atoms with E-state index in [0.29, 0.717) is 6.54 Å². The molecule has 0 aliphatic heterocycles. The Morgan fingerprint density at radius 1 is 1.32 bits per heavy atom. The molecule has 0 saturated heterocycles. The topological polar surface area (TPSA) is 117 Å². The molecule has 0 bridgehead atoms. The monoisotopic (exact) mass is 275 g/mol. The summed E-state index contributed by atoms with van der Waals surface area (Å²) < 4.78 is 4.77. The third-order valence-corrected chi connectivity index (χ3v) is 2.28. The van der Waals surface area contributed by atoms with E-state index in [9.17, 15) is 14.4 Å². The molecule has 0 aromatic rings. The molecule has 0 unspecified atom stereocenters. The van der Waals surface area contributed by atoms with Crippen LogP contribution >= 0.6 is 0 Å². The average molecular weight is 275 g/mol. The van der Waals surface area contributed by atoms with Crippen LogP contribution in [-0.4, -0.2) is 55.9 Å². The Kier molecular flexibility index (Phi) is 9.15. The number of carbonyl (C=O) groups is 3. The SMILES string of the molecule is CCNC(=O)OCCN[C@@H](CCC(=O)NC)C(=O)O. The zero-order valence-corrected chi connectivity index (χ0v) is 11.2. The van der Waals surface area contributed by atoms with E-state index in [1.165, 1.54) is 7.05 Å². The first kappa shape index (κ1) is 17.2. The van der Waals surface area contributed by atoms with Gasteiger partial charge in [-0.2, -0.15) is 0 Å². The Balaban J connectivity index is 3.86. The number of hydrogen-bond donors (Lipinski definition) is 4. The summed E-state index contributed by atoms with van der Waals surface area (Å²) in [6.45, 7) is 2.51. The predicted molar refractivity (Wildman–Crippen MR) is 67.8 cm³/mol. The first-order valence-electron chi connectivity index (χ1n) is 6.08. The van der Waals surface area contributed by atoms with Crippen LogP contribution in [0.2, 0.25) is 0 Å². The molecule has 0 aliphatic carbocycles. The maximum absolute atomic E-state index is 11.0. The molecule has 4 N–H and O–H groups in total. The molecule has 0 radical (unpaired) electrons. The molecule has 8 nitrogen and oxygen atoms in total. The van der Waals surface area contributed by atoms with Gasteiger partial charge in [-0.05, 0) is 13.3 Å². The second-order valence-electron chi connectivity index (χ2n) is 3.72. The molecule has 0 spiro atoms. The van der Waals surface area contributed by atoms with Gasteiger partial charge in [0.05, 0.1) is 0 Å². The molecule has 110 valence electrons. The molecule has 0 fully saturated rings. The highest BCUT2D eigenvalue weighted by Crippen LogP contribution is 1.97. The zero-order chi connectivity index (χ0) is 14.7. The van der Waals surface area contributed by atoms with E-state index in [4.69, 9.17) is 9.84 Å². The lowest BCUT2D eigenvalue weighted by atomic mass is 10.1. The van der Waals surface area contributed by atoms with Gasteiger partial charge in [-0.15, -0.1) is 0 Å². The largest absolute Gasteiger partial charge is 0.480 e. The highest BCUT2D eigenvalue weighted by molar-refractivity contribution is 5.78. The van der Waals surface area contributed by atoms with Crippen molar-refractivity contribution in [3.63, 3.8) is 0 Å². The molecular weight excluding hydrogens is 254 g/mol. The summed E-state index contributed by atoms with van der Waals surface area (Å²) in [7, 11) is 1.49. The molecule has 0 aromatic carbocycles. The Morgan fingerprint density at radius 3 is 2.53 bits per heavy atom. The fraction of sp³-hybridized carbons (Fsp3) is 0.727. The van der Waals surface area contributed by atoms with Crippen molar-refractivity contribution in [1.29, 1.82) is 0 Å². The minimum atomic E-state index is -1.04. The Hall–Kier alpha value is -1.83. The van der Waals surface area contributed by atoms with E-state index in [0.717, 1.165) is 0 Å². The highest BCUT2D eigenvalue weighted by atomic mass is 16.5. The Morgan fingerprint density at radius 2 is 2.00 bits per heavy atom. The number of ether oxygens (including phenoxy) is 1. The quantitative estimate of drug-likeness (QED) is 0.413. The van der Waals surface area contributed by atoms with Gasteiger partial charge in [-0.3, -0.25) is 9.59 Å². The van der Waals surface area contributed by atoms with Gasteiger partial charge in [0.15, 0.2) is 0 Å². The van der Waals surface area contributed by atoms with Crippen molar-refractivity contribution in [2.75, 3.05) is 26.7 Å². The first-order valence-corrected chi connectivity index (χ1v) is 6.08. The van der Waals surface area contributed by atoms with Crippen LogP contribution in [0, 0.1) is 0 Å². The fourth-order valence-corrected chi connectivity index (χ4v) is 1.29. The van der Waals surface area contributed by atoms with Gasteiger partial charge in [0.25, 0.3) is 0 Å². The molecule has 8 heteroatoms. The maximum Gasteiger partial charge on any atom is 0.407 e. The molecule has 2 amide bonds. The smallest absolute Gasteiger partial charge is 0.407 e. The van der Waals surface area contributed by atoms with Crippen LogP contribution in [0.25, 0.3) is 0 Å². The van der Waals surface area contributed by atoms with Gasteiger partial charge in [0.2, 0.25) is 5.91 Å². The van der Waals surface area contributed by atoms with Gasteiger partial charge >= 0.3 is 12.1 Å². The molecule has 0 aliphatic rings. The number of carbonyl (C=O) groups excluding carboxylic acids is 2. The van der Waals surface area contributed by atoms with Crippen molar-refractivity contribution >= 4 is 18.0 Å². The minimum absolute atomic E-state index is 0.0651. The van der Waals surface area contributed by atoms with Gasteiger partial charge in [-0.1, -0.05) is 0 Å². The summed E-state index contributed by atoms with van der Waals surface area (Å²) in [6.07, 6.45) is -0.241. The lowest BCUT2D eigenvalue weighted by Crippen LogP contribution is -2.40. The van der Waals surface area contributed by atoms with E-state index in [2.05, 4.69) is 16.0 Å². The van der Waals surface area contributed by atoms with Crippen LogP contribution in [0.5, 0.6) is 0 Å². The van der Waals surface area contributed by atoms with Crippen molar-refractivity contribution in [3.05, 3.63) is 0 Å². The molecule has 0 heterocycles. The van der Waals surface area contributed by atoms with Gasteiger partial charge < -0.3 is 25.8 Å². The molecule has 0 saturated carbocycles. The fourth-order valence-electron chi connectivity index (χ4n) is 1.29. The minimum Gasteiger partial charge on any atom is -0.480 e. The number of hydrogen-bond acceptors (Lipinski definition) is 5. The first-order chi connectivity index (χ1) is 9.01. The average Bonchev–Trinajstić information content (AvgIpc) is 2.37. The van der Waals surface area contributed by atoms with Crippen molar-refractivity contribution in [2.24, 2.45) is 0 Å². The summed E-state index contributed by atoms with van der Waals surface area (Å²) in [5.41, 5.74) is 0. The van der Waals surface area contributed by atoms with Gasteiger partial charge in [0.1, 0.15) is 12.6 Å². The third kappa shape index (κ3) is 8.83. The Labute approximate surface area is 111 Å².